The zero-order chi connectivity index (χ0) is 14.6. The van der Waals surface area contributed by atoms with Gasteiger partial charge in [-0.05, 0) is 36.8 Å². The summed E-state index contributed by atoms with van der Waals surface area (Å²) in [6.45, 7) is 2.47. The van der Waals surface area contributed by atoms with Crippen LogP contribution >= 0.6 is 0 Å². The van der Waals surface area contributed by atoms with Gasteiger partial charge < -0.3 is 5.73 Å². The molecule has 0 heterocycles. The minimum absolute atomic E-state index is 0.0516. The topological polar surface area (TPSA) is 72.2 Å². The van der Waals surface area contributed by atoms with Crippen LogP contribution in [0.3, 0.4) is 0 Å². The van der Waals surface area contributed by atoms with E-state index in [0.717, 1.165) is 25.7 Å². The molecule has 1 aliphatic rings. The first-order valence-electron chi connectivity index (χ1n) is 7.33. The van der Waals surface area contributed by atoms with Crippen molar-refractivity contribution < 1.29 is 8.42 Å². The molecule has 1 saturated carbocycles. The van der Waals surface area contributed by atoms with Gasteiger partial charge in [-0.15, -0.1) is 0 Å². The van der Waals surface area contributed by atoms with Crippen LogP contribution in [0.5, 0.6) is 0 Å². The zero-order valence-electron chi connectivity index (χ0n) is 12.0. The maximum atomic E-state index is 12.5. The summed E-state index contributed by atoms with van der Waals surface area (Å²) in [6.07, 6.45) is 5.22. The van der Waals surface area contributed by atoms with Crippen molar-refractivity contribution in [2.45, 2.75) is 56.5 Å². The average molecular weight is 296 g/mol. The van der Waals surface area contributed by atoms with E-state index < -0.39 is 10.0 Å². The number of nitrogens with two attached hydrogens (primary N) is 1. The Morgan fingerprint density at radius 3 is 2.70 bits per heavy atom. The van der Waals surface area contributed by atoms with Gasteiger partial charge in [0, 0.05) is 12.6 Å². The van der Waals surface area contributed by atoms with Crippen molar-refractivity contribution in [2.75, 3.05) is 0 Å². The Kier molecular flexibility index (Phi) is 5.18. The summed E-state index contributed by atoms with van der Waals surface area (Å²) in [7, 11) is -3.47. The number of nitrogens with one attached hydrogen (secondary N) is 1. The average Bonchev–Trinajstić information content (AvgIpc) is 2.63. The van der Waals surface area contributed by atoms with Gasteiger partial charge in [-0.1, -0.05) is 38.0 Å². The van der Waals surface area contributed by atoms with Gasteiger partial charge in [-0.25, -0.2) is 13.1 Å². The number of benzene rings is 1. The molecule has 1 fully saturated rings. The van der Waals surface area contributed by atoms with Gasteiger partial charge in [0.05, 0.1) is 4.90 Å². The van der Waals surface area contributed by atoms with Crippen LogP contribution in [0.15, 0.2) is 29.2 Å². The second-order valence-electron chi connectivity index (χ2n) is 5.74. The van der Waals surface area contributed by atoms with Crippen molar-refractivity contribution in [3.8, 4) is 0 Å². The maximum Gasteiger partial charge on any atom is 0.241 e. The van der Waals surface area contributed by atoms with Crippen LogP contribution < -0.4 is 10.5 Å². The molecule has 1 aliphatic carbocycles. The van der Waals surface area contributed by atoms with Crippen molar-refractivity contribution in [3.63, 3.8) is 0 Å². The number of rotatable bonds is 4. The van der Waals surface area contributed by atoms with E-state index in [1.807, 2.05) is 6.07 Å². The molecule has 20 heavy (non-hydrogen) atoms. The Labute approximate surface area is 121 Å². The molecule has 5 heteroatoms. The van der Waals surface area contributed by atoms with E-state index in [4.69, 9.17) is 5.73 Å². The third-order valence-corrected chi connectivity index (χ3v) is 5.68. The molecule has 2 rings (SSSR count). The third kappa shape index (κ3) is 3.81. The summed E-state index contributed by atoms with van der Waals surface area (Å²) < 4.78 is 27.9. The third-order valence-electron chi connectivity index (χ3n) is 4.06. The molecule has 0 amide bonds. The highest BCUT2D eigenvalue weighted by Crippen LogP contribution is 2.24. The number of hydrogen-bond acceptors (Lipinski definition) is 3. The van der Waals surface area contributed by atoms with E-state index in [0.29, 0.717) is 16.4 Å². The molecule has 0 bridgehead atoms. The standard InChI is InChI=1S/C15H24N2O2S/c1-12-5-4-7-14(10-9-12)17-20(18,19)15-8-3-2-6-13(15)11-16/h2-3,6,8,12,14,17H,4-5,7,9-11,16H2,1H3. The minimum Gasteiger partial charge on any atom is -0.326 e. The quantitative estimate of drug-likeness (QED) is 0.838. The van der Waals surface area contributed by atoms with Crippen LogP contribution in [0.1, 0.15) is 44.6 Å². The van der Waals surface area contributed by atoms with E-state index in [1.165, 1.54) is 6.42 Å². The predicted octanol–water partition coefficient (Wildman–Crippen LogP) is 2.39. The Balaban J connectivity index is 2.14. The molecule has 0 aliphatic heterocycles. The lowest BCUT2D eigenvalue weighted by molar-refractivity contribution is 0.484. The highest BCUT2D eigenvalue weighted by atomic mass is 32.2. The second-order valence-corrected chi connectivity index (χ2v) is 7.43. The molecule has 0 spiro atoms. The van der Waals surface area contributed by atoms with E-state index in [-0.39, 0.29) is 12.6 Å². The number of hydrogen-bond donors (Lipinski definition) is 2. The minimum atomic E-state index is -3.47. The Bertz CT molecular complexity index is 543. The molecular weight excluding hydrogens is 272 g/mol. The Morgan fingerprint density at radius 1 is 1.20 bits per heavy atom. The number of sulfonamides is 1. The lowest BCUT2D eigenvalue weighted by atomic mass is 10.0. The normalized spacial score (nSPS) is 24.3. The maximum absolute atomic E-state index is 12.5. The first-order chi connectivity index (χ1) is 9.53. The van der Waals surface area contributed by atoms with Crippen LogP contribution in [0, 0.1) is 5.92 Å². The van der Waals surface area contributed by atoms with Crippen molar-refractivity contribution in [3.05, 3.63) is 29.8 Å². The van der Waals surface area contributed by atoms with E-state index in [2.05, 4.69) is 11.6 Å². The zero-order valence-corrected chi connectivity index (χ0v) is 12.8. The molecule has 1 aromatic rings. The summed E-state index contributed by atoms with van der Waals surface area (Å²) in [5, 5.41) is 0. The molecule has 3 N–H and O–H groups in total. The SMILES string of the molecule is CC1CCCC(NS(=O)(=O)c2ccccc2CN)CC1. The van der Waals surface area contributed by atoms with Gasteiger partial charge >= 0.3 is 0 Å². The second kappa shape index (κ2) is 6.70. The fourth-order valence-electron chi connectivity index (χ4n) is 2.82. The van der Waals surface area contributed by atoms with Crippen molar-refractivity contribution in [1.82, 2.24) is 4.72 Å². The fourth-order valence-corrected chi connectivity index (χ4v) is 4.38. The van der Waals surface area contributed by atoms with Gasteiger partial charge in [0.2, 0.25) is 10.0 Å². The smallest absolute Gasteiger partial charge is 0.241 e. The van der Waals surface area contributed by atoms with Crippen LogP contribution in [-0.2, 0) is 16.6 Å². The molecule has 1 aromatic carbocycles. The van der Waals surface area contributed by atoms with E-state index in [1.54, 1.807) is 18.2 Å². The molecule has 0 saturated heterocycles. The van der Waals surface area contributed by atoms with Crippen LogP contribution in [-0.4, -0.2) is 14.5 Å². The lowest BCUT2D eigenvalue weighted by Crippen LogP contribution is -2.35. The first-order valence-corrected chi connectivity index (χ1v) is 8.81. The monoisotopic (exact) mass is 296 g/mol. The predicted molar refractivity (Wildman–Crippen MR) is 80.7 cm³/mol. The summed E-state index contributed by atoms with van der Waals surface area (Å²) in [6, 6.07) is 7.00. The largest absolute Gasteiger partial charge is 0.326 e. The van der Waals surface area contributed by atoms with Crippen LogP contribution in [0.4, 0.5) is 0 Å². The molecule has 0 radical (unpaired) electrons. The molecular formula is C15H24N2O2S. The van der Waals surface area contributed by atoms with Gasteiger partial charge in [-0.3, -0.25) is 0 Å². The fraction of sp³-hybridized carbons (Fsp3) is 0.600. The highest BCUT2D eigenvalue weighted by Gasteiger charge is 2.24. The highest BCUT2D eigenvalue weighted by molar-refractivity contribution is 7.89. The molecule has 0 aromatic heterocycles. The summed E-state index contributed by atoms with van der Waals surface area (Å²) in [4.78, 5) is 0.319. The molecule has 112 valence electrons. The van der Waals surface area contributed by atoms with Crippen molar-refractivity contribution >= 4 is 10.0 Å². The Hall–Kier alpha value is -0.910. The first kappa shape index (κ1) is 15.5. The van der Waals surface area contributed by atoms with E-state index in [9.17, 15) is 8.42 Å². The van der Waals surface area contributed by atoms with Crippen LogP contribution in [0.2, 0.25) is 0 Å². The van der Waals surface area contributed by atoms with Crippen LogP contribution in [0.25, 0.3) is 0 Å². The van der Waals surface area contributed by atoms with Gasteiger partial charge in [0.15, 0.2) is 0 Å². The summed E-state index contributed by atoms with van der Waals surface area (Å²) in [5.41, 5.74) is 6.30. The van der Waals surface area contributed by atoms with Gasteiger partial charge in [-0.2, -0.15) is 0 Å². The van der Waals surface area contributed by atoms with E-state index >= 15 is 0 Å². The molecule has 2 unspecified atom stereocenters. The summed E-state index contributed by atoms with van der Waals surface area (Å²) in [5.74, 6) is 0.695. The lowest BCUT2D eigenvalue weighted by Gasteiger charge is -2.18. The van der Waals surface area contributed by atoms with Crippen molar-refractivity contribution in [2.24, 2.45) is 11.7 Å². The van der Waals surface area contributed by atoms with Crippen molar-refractivity contribution in [1.29, 1.82) is 0 Å². The molecule has 2 atom stereocenters. The summed E-state index contributed by atoms with van der Waals surface area (Å²) >= 11 is 0. The Morgan fingerprint density at radius 2 is 1.95 bits per heavy atom. The van der Waals surface area contributed by atoms with Gasteiger partial charge in [0.1, 0.15) is 0 Å². The van der Waals surface area contributed by atoms with Gasteiger partial charge in [0.25, 0.3) is 0 Å². The molecule has 4 nitrogen and oxygen atoms in total.